The first-order valence-corrected chi connectivity index (χ1v) is 15.7. The van der Waals surface area contributed by atoms with Crippen molar-refractivity contribution in [2.75, 3.05) is 13.1 Å². The van der Waals surface area contributed by atoms with Crippen molar-refractivity contribution in [2.24, 2.45) is 0 Å². The zero-order valence-corrected chi connectivity index (χ0v) is 24.6. The summed E-state index contributed by atoms with van der Waals surface area (Å²) >= 11 is 0. The number of benzene rings is 3. The number of nitrogens with one attached hydrogen (secondary N) is 2. The minimum absolute atomic E-state index is 0.120. The van der Waals surface area contributed by atoms with Crippen molar-refractivity contribution in [2.45, 2.75) is 69.9 Å². The monoisotopic (exact) mass is 581 g/mol. The second-order valence-corrected chi connectivity index (χ2v) is 11.8. The van der Waals surface area contributed by atoms with Crippen molar-refractivity contribution in [3.05, 3.63) is 101 Å². The zero-order chi connectivity index (χ0) is 29.7. The van der Waals surface area contributed by atoms with Gasteiger partial charge in [0.25, 0.3) is 0 Å². The van der Waals surface area contributed by atoms with Gasteiger partial charge in [0.15, 0.2) is 0 Å². The van der Waals surface area contributed by atoms with Gasteiger partial charge >= 0.3 is 0 Å². The lowest BCUT2D eigenvalue weighted by Crippen LogP contribution is -2.50. The molecule has 41 heavy (non-hydrogen) atoms. The van der Waals surface area contributed by atoms with Crippen molar-refractivity contribution in [3.8, 4) is 0 Å². The van der Waals surface area contributed by atoms with Crippen LogP contribution in [0.15, 0.2) is 83.8 Å². The fourth-order valence-electron chi connectivity index (χ4n) is 4.55. The highest BCUT2D eigenvalue weighted by molar-refractivity contribution is 7.89. The van der Waals surface area contributed by atoms with E-state index in [0.29, 0.717) is 25.9 Å². The van der Waals surface area contributed by atoms with E-state index < -0.39 is 16.1 Å². The first-order valence-electron chi connectivity index (χ1n) is 14.2. The second kappa shape index (κ2) is 16.0. The van der Waals surface area contributed by atoms with Gasteiger partial charge in [-0.05, 0) is 53.8 Å². The third-order valence-corrected chi connectivity index (χ3v) is 8.37. The maximum absolute atomic E-state index is 13.8. The molecule has 0 saturated heterocycles. The van der Waals surface area contributed by atoms with Gasteiger partial charge in [-0.2, -0.15) is 0 Å². The Morgan fingerprint density at radius 1 is 0.854 bits per heavy atom. The van der Waals surface area contributed by atoms with E-state index in [1.54, 1.807) is 36.1 Å². The van der Waals surface area contributed by atoms with Crippen LogP contribution < -0.4 is 10.0 Å². The number of amides is 2. The van der Waals surface area contributed by atoms with Crippen molar-refractivity contribution < 1.29 is 22.4 Å². The second-order valence-electron chi connectivity index (χ2n) is 10.00. The van der Waals surface area contributed by atoms with E-state index in [9.17, 15) is 22.4 Å². The summed E-state index contributed by atoms with van der Waals surface area (Å²) in [6, 6.07) is 21.2. The van der Waals surface area contributed by atoms with Gasteiger partial charge in [0.1, 0.15) is 11.9 Å². The highest BCUT2D eigenvalue weighted by atomic mass is 32.2. The number of hydrogen-bond acceptors (Lipinski definition) is 4. The van der Waals surface area contributed by atoms with Crippen LogP contribution in [0.1, 0.15) is 56.2 Å². The van der Waals surface area contributed by atoms with Gasteiger partial charge in [0, 0.05) is 32.5 Å². The van der Waals surface area contributed by atoms with Crippen LogP contribution in [0.2, 0.25) is 0 Å². The summed E-state index contributed by atoms with van der Waals surface area (Å²) in [4.78, 5) is 29.1. The molecule has 0 aliphatic heterocycles. The Morgan fingerprint density at radius 2 is 1.51 bits per heavy atom. The molecule has 3 aromatic rings. The summed E-state index contributed by atoms with van der Waals surface area (Å²) in [7, 11) is -3.57. The van der Waals surface area contributed by atoms with Gasteiger partial charge in [-0.1, -0.05) is 81.3 Å². The van der Waals surface area contributed by atoms with Crippen LogP contribution in [0, 0.1) is 5.82 Å². The van der Waals surface area contributed by atoms with Gasteiger partial charge < -0.3 is 10.2 Å². The average molecular weight is 582 g/mol. The topological polar surface area (TPSA) is 95.6 Å². The smallest absolute Gasteiger partial charge is 0.243 e. The Bertz CT molecular complexity index is 1350. The van der Waals surface area contributed by atoms with Crippen LogP contribution in [0.4, 0.5) is 4.39 Å². The molecule has 0 saturated carbocycles. The normalized spacial score (nSPS) is 12.1. The first kappa shape index (κ1) is 32.0. The Hall–Kier alpha value is -3.56. The molecule has 9 heteroatoms. The van der Waals surface area contributed by atoms with Crippen LogP contribution in [0.3, 0.4) is 0 Å². The molecule has 7 nitrogen and oxygen atoms in total. The fraction of sp³-hybridized carbons (Fsp3) is 0.375. The number of aryl methyl sites for hydroxylation is 1. The van der Waals surface area contributed by atoms with Crippen LogP contribution in [0.5, 0.6) is 0 Å². The summed E-state index contributed by atoms with van der Waals surface area (Å²) in [5.41, 5.74) is 2.45. The summed E-state index contributed by atoms with van der Waals surface area (Å²) in [5, 5.41) is 3.02. The van der Waals surface area contributed by atoms with E-state index in [2.05, 4.69) is 17.0 Å². The molecule has 0 heterocycles. The third-order valence-electron chi connectivity index (χ3n) is 6.81. The zero-order valence-electron chi connectivity index (χ0n) is 23.8. The molecule has 0 radical (unpaired) electrons. The molecule has 0 spiro atoms. The van der Waals surface area contributed by atoms with E-state index in [1.165, 1.54) is 24.3 Å². The number of nitrogens with zero attached hydrogens (tertiary/aromatic N) is 1. The van der Waals surface area contributed by atoms with E-state index in [4.69, 9.17) is 0 Å². The molecule has 220 valence electrons. The Labute approximate surface area is 243 Å². The molecule has 0 fully saturated rings. The molecular formula is C32H40FN3O4S. The van der Waals surface area contributed by atoms with E-state index in [-0.39, 0.29) is 35.5 Å². The fourth-order valence-corrected chi connectivity index (χ4v) is 5.59. The lowest BCUT2D eigenvalue weighted by atomic mass is 10.0. The number of unbranched alkanes of at least 4 members (excludes halogenated alkanes) is 2. The Balaban J connectivity index is 1.84. The summed E-state index contributed by atoms with van der Waals surface area (Å²) in [6.07, 6.45) is 3.71. The predicted octanol–water partition coefficient (Wildman–Crippen LogP) is 5.00. The molecule has 2 amide bonds. The molecule has 0 aliphatic carbocycles. The van der Waals surface area contributed by atoms with Crippen molar-refractivity contribution in [1.82, 2.24) is 14.9 Å². The highest BCUT2D eigenvalue weighted by Crippen LogP contribution is 2.18. The summed E-state index contributed by atoms with van der Waals surface area (Å²) < 4.78 is 40.6. The third kappa shape index (κ3) is 10.1. The summed E-state index contributed by atoms with van der Waals surface area (Å²) in [6.45, 7) is 4.78. The molecule has 1 atom stereocenters. The van der Waals surface area contributed by atoms with Crippen LogP contribution in [-0.4, -0.2) is 44.3 Å². The summed E-state index contributed by atoms with van der Waals surface area (Å²) in [5.74, 6) is -0.817. The number of sulfonamides is 1. The maximum Gasteiger partial charge on any atom is 0.243 e. The van der Waals surface area contributed by atoms with Gasteiger partial charge in [0.2, 0.25) is 21.8 Å². The van der Waals surface area contributed by atoms with Crippen LogP contribution in [0.25, 0.3) is 0 Å². The minimum Gasteiger partial charge on any atom is -0.354 e. The van der Waals surface area contributed by atoms with Crippen molar-refractivity contribution in [1.29, 1.82) is 0 Å². The minimum atomic E-state index is -3.57. The molecule has 1 unspecified atom stereocenters. The van der Waals surface area contributed by atoms with E-state index >= 15 is 0 Å². The number of halogens is 1. The van der Waals surface area contributed by atoms with Crippen LogP contribution in [-0.2, 0) is 39.0 Å². The molecule has 3 rings (SSSR count). The van der Waals surface area contributed by atoms with Gasteiger partial charge in [-0.25, -0.2) is 17.5 Å². The molecule has 0 aliphatic rings. The predicted molar refractivity (Wildman–Crippen MR) is 159 cm³/mol. The Kier molecular flexibility index (Phi) is 12.5. The number of carbonyl (C=O) groups excluding carboxylic acids is 2. The molecule has 0 bridgehead atoms. The molecule has 0 aromatic heterocycles. The van der Waals surface area contributed by atoms with Crippen LogP contribution >= 0.6 is 0 Å². The number of carbonyl (C=O) groups is 2. The SMILES string of the molecule is CCCCCNC(=O)C(Cc1ccccc1)N(Cc1ccc(F)cc1)C(=O)CCc1ccc(S(=O)(=O)NCC)cc1. The standard InChI is InChI=1S/C32H40FN3O4S/c1-3-5-9-22-34-32(38)30(23-26-10-7-6-8-11-26)36(24-27-12-17-28(33)18-13-27)31(37)21-16-25-14-19-29(20-15-25)41(39,40)35-4-2/h6-8,10-15,17-20,30,35H,3-5,9,16,21-24H2,1-2H3,(H,34,38). The first-order chi connectivity index (χ1) is 19.7. The van der Waals surface area contributed by atoms with E-state index in [1.807, 2.05) is 30.3 Å². The molecule has 2 N–H and O–H groups in total. The van der Waals surface area contributed by atoms with Gasteiger partial charge in [0.05, 0.1) is 4.90 Å². The molecule has 3 aromatic carbocycles. The van der Waals surface area contributed by atoms with Crippen molar-refractivity contribution in [3.63, 3.8) is 0 Å². The van der Waals surface area contributed by atoms with Gasteiger partial charge in [-0.3, -0.25) is 9.59 Å². The van der Waals surface area contributed by atoms with Crippen molar-refractivity contribution >= 4 is 21.8 Å². The number of rotatable bonds is 16. The van der Waals surface area contributed by atoms with E-state index in [0.717, 1.165) is 36.0 Å². The lowest BCUT2D eigenvalue weighted by molar-refractivity contribution is -0.141. The Morgan fingerprint density at radius 3 is 2.15 bits per heavy atom. The largest absolute Gasteiger partial charge is 0.354 e. The lowest BCUT2D eigenvalue weighted by Gasteiger charge is -2.31. The quantitative estimate of drug-likeness (QED) is 0.233. The highest BCUT2D eigenvalue weighted by Gasteiger charge is 2.30. The number of hydrogen-bond donors (Lipinski definition) is 2. The van der Waals surface area contributed by atoms with Gasteiger partial charge in [-0.15, -0.1) is 0 Å². The average Bonchev–Trinajstić information content (AvgIpc) is 2.97. The molecular weight excluding hydrogens is 541 g/mol. The maximum atomic E-state index is 13.8.